The number of rotatable bonds is 5. The zero-order valence-corrected chi connectivity index (χ0v) is 15.0. The summed E-state index contributed by atoms with van der Waals surface area (Å²) in [6.07, 6.45) is -0.553. The van der Waals surface area contributed by atoms with Gasteiger partial charge in [-0.05, 0) is 30.5 Å². The SMILES string of the molecule is O=C(OCc1ccccc1)N1CCC[C@]1(C(=O)O)C(=O)Nc1cccc(O)c1. The lowest BCUT2D eigenvalue weighted by molar-refractivity contribution is -0.153. The van der Waals surface area contributed by atoms with E-state index >= 15 is 0 Å². The van der Waals surface area contributed by atoms with Crippen LogP contribution in [0.2, 0.25) is 0 Å². The standard InChI is InChI=1S/C20H20N2O6/c23-16-9-4-8-15(12-16)21-17(24)20(18(25)26)10-5-11-22(20)19(27)28-13-14-6-2-1-3-7-14/h1-4,6-9,12,23H,5,10-11,13H2,(H,21,24)(H,25,26)/t20-/m1/s1. The highest BCUT2D eigenvalue weighted by Crippen LogP contribution is 2.32. The minimum atomic E-state index is -2.07. The van der Waals surface area contributed by atoms with Crippen molar-refractivity contribution in [1.29, 1.82) is 0 Å². The maximum atomic E-state index is 12.9. The lowest BCUT2D eigenvalue weighted by Gasteiger charge is -2.32. The summed E-state index contributed by atoms with van der Waals surface area (Å²) in [7, 11) is 0. The van der Waals surface area contributed by atoms with Gasteiger partial charge in [0.25, 0.3) is 5.91 Å². The number of carbonyl (C=O) groups is 3. The average molecular weight is 384 g/mol. The first kappa shape index (κ1) is 19.2. The van der Waals surface area contributed by atoms with Crippen LogP contribution < -0.4 is 5.32 Å². The second-order valence-electron chi connectivity index (χ2n) is 6.47. The summed E-state index contributed by atoms with van der Waals surface area (Å²) in [6.45, 7) is 0.0629. The first-order valence-corrected chi connectivity index (χ1v) is 8.75. The topological polar surface area (TPSA) is 116 Å². The molecule has 1 aliphatic rings. The third-order valence-corrected chi connectivity index (χ3v) is 4.64. The second kappa shape index (κ2) is 7.99. The Labute approximate surface area is 161 Å². The Kier molecular flexibility index (Phi) is 5.49. The monoisotopic (exact) mass is 384 g/mol. The molecule has 1 saturated heterocycles. The van der Waals surface area contributed by atoms with Crippen LogP contribution in [0.15, 0.2) is 54.6 Å². The van der Waals surface area contributed by atoms with Crippen molar-refractivity contribution >= 4 is 23.7 Å². The van der Waals surface area contributed by atoms with Crippen LogP contribution in [0.3, 0.4) is 0 Å². The number of nitrogens with zero attached hydrogens (tertiary/aromatic N) is 1. The lowest BCUT2D eigenvalue weighted by atomic mass is 9.95. The van der Waals surface area contributed by atoms with Gasteiger partial charge in [0, 0.05) is 18.3 Å². The maximum absolute atomic E-state index is 12.9. The molecule has 0 spiro atoms. The molecule has 2 aromatic carbocycles. The molecule has 3 N–H and O–H groups in total. The van der Waals surface area contributed by atoms with E-state index in [0.717, 1.165) is 10.5 Å². The Morgan fingerprint density at radius 1 is 1.11 bits per heavy atom. The van der Waals surface area contributed by atoms with E-state index in [2.05, 4.69) is 5.32 Å². The molecule has 28 heavy (non-hydrogen) atoms. The number of amides is 2. The van der Waals surface area contributed by atoms with Gasteiger partial charge in [0.15, 0.2) is 0 Å². The van der Waals surface area contributed by atoms with E-state index in [1.807, 2.05) is 6.07 Å². The summed E-state index contributed by atoms with van der Waals surface area (Å²) < 4.78 is 5.24. The molecule has 3 rings (SSSR count). The Balaban J connectivity index is 1.78. The Hall–Kier alpha value is -3.55. The number of phenols is 1. The fourth-order valence-corrected chi connectivity index (χ4v) is 3.24. The molecular weight excluding hydrogens is 364 g/mol. The van der Waals surface area contributed by atoms with Gasteiger partial charge in [-0.15, -0.1) is 0 Å². The molecule has 0 bridgehead atoms. The lowest BCUT2D eigenvalue weighted by Crippen LogP contribution is -2.60. The molecule has 0 radical (unpaired) electrons. The van der Waals surface area contributed by atoms with Crippen LogP contribution >= 0.6 is 0 Å². The number of carboxylic acids is 1. The van der Waals surface area contributed by atoms with Crippen molar-refractivity contribution in [2.45, 2.75) is 25.0 Å². The molecule has 0 unspecified atom stereocenters. The number of anilines is 1. The number of aliphatic carboxylic acids is 1. The van der Waals surface area contributed by atoms with E-state index in [-0.39, 0.29) is 31.0 Å². The van der Waals surface area contributed by atoms with Crippen LogP contribution in [0.4, 0.5) is 10.5 Å². The molecule has 1 fully saturated rings. The van der Waals surface area contributed by atoms with Crippen LogP contribution in [-0.4, -0.2) is 45.2 Å². The number of ether oxygens (including phenoxy) is 1. The van der Waals surface area contributed by atoms with E-state index in [0.29, 0.717) is 6.42 Å². The first-order chi connectivity index (χ1) is 13.4. The molecule has 0 aromatic heterocycles. The normalized spacial score (nSPS) is 18.5. The van der Waals surface area contributed by atoms with Crippen molar-refractivity contribution in [3.05, 3.63) is 60.2 Å². The largest absolute Gasteiger partial charge is 0.508 e. The van der Waals surface area contributed by atoms with E-state index in [4.69, 9.17) is 4.74 Å². The second-order valence-corrected chi connectivity index (χ2v) is 6.47. The minimum Gasteiger partial charge on any atom is -0.508 e. The van der Waals surface area contributed by atoms with Crippen molar-refractivity contribution in [1.82, 2.24) is 4.90 Å². The summed E-state index contributed by atoms with van der Waals surface area (Å²) in [4.78, 5) is 38.4. The predicted octanol–water partition coefficient (Wildman–Crippen LogP) is 2.59. The first-order valence-electron chi connectivity index (χ1n) is 8.75. The highest BCUT2D eigenvalue weighted by atomic mass is 16.6. The van der Waals surface area contributed by atoms with Gasteiger partial charge in [0.2, 0.25) is 5.54 Å². The summed E-state index contributed by atoms with van der Waals surface area (Å²) in [6, 6.07) is 14.7. The highest BCUT2D eigenvalue weighted by molar-refractivity contribution is 6.14. The number of nitrogens with one attached hydrogen (secondary N) is 1. The van der Waals surface area contributed by atoms with Gasteiger partial charge in [-0.2, -0.15) is 0 Å². The molecule has 2 aromatic rings. The Morgan fingerprint density at radius 2 is 1.86 bits per heavy atom. The minimum absolute atomic E-state index is 0.0277. The van der Waals surface area contributed by atoms with Gasteiger partial charge in [-0.1, -0.05) is 36.4 Å². The number of carbonyl (C=O) groups excluding carboxylic acids is 2. The molecule has 1 atom stereocenters. The molecular formula is C20H20N2O6. The predicted molar refractivity (Wildman–Crippen MR) is 99.7 cm³/mol. The van der Waals surface area contributed by atoms with E-state index in [9.17, 15) is 24.6 Å². The van der Waals surface area contributed by atoms with E-state index in [1.54, 1.807) is 24.3 Å². The number of likely N-dealkylation sites (tertiary alicyclic amines) is 1. The van der Waals surface area contributed by atoms with Gasteiger partial charge in [-0.3, -0.25) is 9.69 Å². The summed E-state index contributed by atoms with van der Waals surface area (Å²) >= 11 is 0. The van der Waals surface area contributed by atoms with Gasteiger partial charge >= 0.3 is 12.1 Å². The van der Waals surface area contributed by atoms with Crippen LogP contribution in [-0.2, 0) is 20.9 Å². The molecule has 146 valence electrons. The number of carboxylic acid groups (broad SMARTS) is 1. The maximum Gasteiger partial charge on any atom is 0.411 e. The summed E-state index contributed by atoms with van der Waals surface area (Å²) in [5.74, 6) is -2.37. The molecule has 8 nitrogen and oxygen atoms in total. The molecule has 2 amide bonds. The quantitative estimate of drug-likeness (QED) is 0.683. The van der Waals surface area contributed by atoms with Gasteiger partial charge in [0.05, 0.1) is 0 Å². The highest BCUT2D eigenvalue weighted by Gasteiger charge is 2.57. The van der Waals surface area contributed by atoms with E-state index in [1.165, 1.54) is 24.3 Å². The number of hydrogen-bond acceptors (Lipinski definition) is 5. The molecule has 0 saturated carbocycles. The van der Waals surface area contributed by atoms with Crippen LogP contribution in [0.25, 0.3) is 0 Å². The fraction of sp³-hybridized carbons (Fsp3) is 0.250. The summed E-state index contributed by atoms with van der Waals surface area (Å²) in [5, 5.41) is 21.8. The number of aromatic hydroxyl groups is 1. The van der Waals surface area contributed by atoms with Crippen molar-refractivity contribution in [2.75, 3.05) is 11.9 Å². The van der Waals surface area contributed by atoms with Crippen LogP contribution in [0.5, 0.6) is 5.75 Å². The number of phenolic OH excluding ortho intramolecular Hbond substituents is 1. The fourth-order valence-electron chi connectivity index (χ4n) is 3.24. The zero-order valence-electron chi connectivity index (χ0n) is 15.0. The third-order valence-electron chi connectivity index (χ3n) is 4.64. The Bertz CT molecular complexity index is 885. The van der Waals surface area contributed by atoms with Gasteiger partial charge < -0.3 is 20.3 Å². The summed E-state index contributed by atoms with van der Waals surface area (Å²) in [5.41, 5.74) is -1.09. The molecule has 1 heterocycles. The van der Waals surface area contributed by atoms with Crippen molar-refractivity contribution in [2.24, 2.45) is 0 Å². The Morgan fingerprint density at radius 3 is 2.54 bits per heavy atom. The molecule has 8 heteroatoms. The van der Waals surface area contributed by atoms with Crippen LogP contribution in [0, 0.1) is 0 Å². The van der Waals surface area contributed by atoms with Crippen LogP contribution in [0.1, 0.15) is 18.4 Å². The zero-order chi connectivity index (χ0) is 20.1. The third kappa shape index (κ3) is 3.75. The van der Waals surface area contributed by atoms with Gasteiger partial charge in [-0.25, -0.2) is 9.59 Å². The van der Waals surface area contributed by atoms with Crippen molar-refractivity contribution in [3.8, 4) is 5.75 Å². The van der Waals surface area contributed by atoms with E-state index < -0.39 is 23.5 Å². The molecule has 1 aliphatic heterocycles. The molecule has 0 aliphatic carbocycles. The smallest absolute Gasteiger partial charge is 0.411 e. The van der Waals surface area contributed by atoms with Crippen molar-refractivity contribution in [3.63, 3.8) is 0 Å². The van der Waals surface area contributed by atoms with Gasteiger partial charge in [0.1, 0.15) is 12.4 Å². The van der Waals surface area contributed by atoms with Crippen molar-refractivity contribution < 1.29 is 29.3 Å². The number of benzene rings is 2. The number of hydrogen-bond donors (Lipinski definition) is 3. The average Bonchev–Trinajstić information content (AvgIpc) is 3.13.